The highest BCUT2D eigenvalue weighted by atomic mass is 16.3. The number of rotatable bonds is 2. The number of carbonyl (C=O) groups is 1. The third-order valence-corrected chi connectivity index (χ3v) is 5.17. The molecule has 6 heteroatoms. The number of aliphatic hydroxyl groups is 1. The van der Waals surface area contributed by atoms with Crippen LogP contribution >= 0.6 is 0 Å². The normalized spacial score (nSPS) is 18.8. The van der Waals surface area contributed by atoms with E-state index in [4.69, 9.17) is 9.97 Å². The van der Waals surface area contributed by atoms with Gasteiger partial charge in [-0.15, -0.1) is 0 Å². The van der Waals surface area contributed by atoms with Gasteiger partial charge in [-0.3, -0.25) is 4.79 Å². The molecule has 146 valence electrons. The van der Waals surface area contributed by atoms with Gasteiger partial charge < -0.3 is 14.6 Å². The Hall–Kier alpha value is -3.43. The van der Waals surface area contributed by atoms with Crippen LogP contribution < -0.4 is 0 Å². The molecule has 3 heterocycles. The molecule has 0 saturated carbocycles. The number of aromatic nitrogens is 3. The molecular weight excluding hydrogens is 364 g/mol. The van der Waals surface area contributed by atoms with E-state index in [2.05, 4.69) is 18.4 Å². The second-order valence-electron chi connectivity index (χ2n) is 7.51. The van der Waals surface area contributed by atoms with Crippen LogP contribution in [0.1, 0.15) is 24.6 Å². The summed E-state index contributed by atoms with van der Waals surface area (Å²) >= 11 is 0. The predicted octanol–water partition coefficient (Wildman–Crippen LogP) is 2.61. The Balaban J connectivity index is 1.76. The molecule has 1 fully saturated rings. The van der Waals surface area contributed by atoms with E-state index in [1.54, 1.807) is 7.05 Å². The number of likely N-dealkylation sites (tertiary alicyclic amines) is 1. The molecule has 3 aromatic rings. The van der Waals surface area contributed by atoms with E-state index in [0.29, 0.717) is 24.4 Å². The largest absolute Gasteiger partial charge is 0.369 e. The van der Waals surface area contributed by atoms with Gasteiger partial charge in [0.15, 0.2) is 5.82 Å². The van der Waals surface area contributed by atoms with Crippen LogP contribution in [-0.4, -0.2) is 49.6 Å². The fourth-order valence-electron chi connectivity index (χ4n) is 3.47. The van der Waals surface area contributed by atoms with Crippen LogP contribution in [0.5, 0.6) is 0 Å². The average molecular weight is 386 g/mol. The number of allylic oxidation sites excluding steroid dienone is 1. The molecule has 0 radical (unpaired) electrons. The van der Waals surface area contributed by atoms with Crippen LogP contribution in [0.2, 0.25) is 0 Å². The third kappa shape index (κ3) is 3.30. The Morgan fingerprint density at radius 2 is 2.07 bits per heavy atom. The van der Waals surface area contributed by atoms with E-state index in [1.165, 1.54) is 4.90 Å². The summed E-state index contributed by atoms with van der Waals surface area (Å²) in [5.41, 5.74) is 2.40. The highest BCUT2D eigenvalue weighted by molar-refractivity contribution is 5.91. The Labute approximate surface area is 169 Å². The second kappa shape index (κ2) is 6.87. The molecule has 6 nitrogen and oxygen atoms in total. The van der Waals surface area contributed by atoms with Gasteiger partial charge >= 0.3 is 0 Å². The predicted molar refractivity (Wildman–Crippen MR) is 113 cm³/mol. The van der Waals surface area contributed by atoms with Crippen LogP contribution in [0.3, 0.4) is 0 Å². The monoisotopic (exact) mass is 386 g/mol. The van der Waals surface area contributed by atoms with Crippen molar-refractivity contribution in [3.8, 4) is 23.2 Å². The molecule has 4 rings (SSSR count). The van der Waals surface area contributed by atoms with Gasteiger partial charge in [0, 0.05) is 49.8 Å². The molecule has 1 aliphatic heterocycles. The highest BCUT2D eigenvalue weighted by Gasteiger charge is 2.42. The molecule has 1 amide bonds. The first-order chi connectivity index (χ1) is 13.8. The molecule has 0 unspecified atom stereocenters. The maximum Gasteiger partial charge on any atom is 0.267 e. The van der Waals surface area contributed by atoms with Gasteiger partial charge in [0.2, 0.25) is 5.60 Å². The first-order valence-electron chi connectivity index (χ1n) is 9.39. The lowest BCUT2D eigenvalue weighted by molar-refractivity contribution is -0.137. The zero-order chi connectivity index (χ0) is 20.8. The molecule has 1 aromatic carbocycles. The minimum Gasteiger partial charge on any atom is -0.369 e. The van der Waals surface area contributed by atoms with Gasteiger partial charge in [0.05, 0.1) is 5.69 Å². The second-order valence-corrected chi connectivity index (χ2v) is 7.51. The summed E-state index contributed by atoms with van der Waals surface area (Å²) in [6.07, 6.45) is 2.26. The van der Waals surface area contributed by atoms with E-state index >= 15 is 0 Å². The Bertz CT molecular complexity index is 1210. The molecule has 1 atom stereocenters. The summed E-state index contributed by atoms with van der Waals surface area (Å²) < 4.78 is 1.95. The molecule has 0 aliphatic carbocycles. The van der Waals surface area contributed by atoms with Crippen molar-refractivity contribution in [1.82, 2.24) is 19.4 Å². The van der Waals surface area contributed by atoms with Gasteiger partial charge in [-0.05, 0) is 30.7 Å². The van der Waals surface area contributed by atoms with Crippen LogP contribution in [0.4, 0.5) is 0 Å². The number of hydrogen-bond donors (Lipinski definition) is 1. The van der Waals surface area contributed by atoms with Gasteiger partial charge in [-0.2, -0.15) is 0 Å². The summed E-state index contributed by atoms with van der Waals surface area (Å²) in [6.45, 7) is 6.47. The zero-order valence-electron chi connectivity index (χ0n) is 16.7. The summed E-state index contributed by atoms with van der Waals surface area (Å²) in [4.78, 5) is 23.0. The van der Waals surface area contributed by atoms with E-state index in [0.717, 1.165) is 27.9 Å². The minimum atomic E-state index is -1.61. The molecule has 1 N–H and O–H groups in total. The van der Waals surface area contributed by atoms with Gasteiger partial charge in [-0.1, -0.05) is 30.6 Å². The number of hydrogen-bond acceptors (Lipinski definition) is 4. The maximum atomic E-state index is 12.1. The van der Waals surface area contributed by atoms with Gasteiger partial charge in [0.25, 0.3) is 5.91 Å². The summed E-state index contributed by atoms with van der Waals surface area (Å²) in [6, 6.07) is 9.47. The van der Waals surface area contributed by atoms with Gasteiger partial charge in [0.1, 0.15) is 5.65 Å². The Morgan fingerprint density at radius 3 is 2.76 bits per heavy atom. The van der Waals surface area contributed by atoms with Crippen molar-refractivity contribution < 1.29 is 9.90 Å². The fourth-order valence-corrected chi connectivity index (χ4v) is 3.47. The number of benzene rings is 1. The smallest absolute Gasteiger partial charge is 0.267 e. The lowest BCUT2D eigenvalue weighted by atomic mass is 10.0. The fraction of sp³-hybridized carbons (Fsp3) is 0.261. The topological polar surface area (TPSA) is 71.2 Å². The first kappa shape index (κ1) is 18.9. The third-order valence-electron chi connectivity index (χ3n) is 5.17. The van der Waals surface area contributed by atoms with Gasteiger partial charge in [-0.25, -0.2) is 9.97 Å². The van der Waals surface area contributed by atoms with E-state index in [-0.39, 0.29) is 5.91 Å². The number of amides is 1. The van der Waals surface area contributed by atoms with Crippen molar-refractivity contribution in [3.05, 3.63) is 54.4 Å². The molecule has 1 saturated heterocycles. The van der Waals surface area contributed by atoms with Crippen molar-refractivity contribution in [3.63, 3.8) is 0 Å². The molecule has 1 aliphatic rings. The molecule has 0 bridgehead atoms. The van der Waals surface area contributed by atoms with Crippen LogP contribution in [0, 0.1) is 11.8 Å². The molecule has 2 aromatic heterocycles. The van der Waals surface area contributed by atoms with Crippen LogP contribution in [0.25, 0.3) is 28.0 Å². The standard InChI is InChI=1S/C23H22N4O2/c1-15(2)19-18-9-12-26(3)21(18)25-20(24-19)17-7-5-6-16(14-17)8-10-23(29)11-13-27(4)22(23)28/h5-7,9,12,14,29H,1,11,13H2,2-4H3/t23-/m0/s1. The van der Waals surface area contributed by atoms with Crippen molar-refractivity contribution in [2.24, 2.45) is 7.05 Å². The lowest BCUT2D eigenvalue weighted by Gasteiger charge is -2.13. The van der Waals surface area contributed by atoms with Crippen molar-refractivity contribution in [1.29, 1.82) is 0 Å². The minimum absolute atomic E-state index is 0.310. The lowest BCUT2D eigenvalue weighted by Crippen LogP contribution is -2.37. The van der Waals surface area contributed by atoms with Crippen molar-refractivity contribution in [2.75, 3.05) is 13.6 Å². The molecular formula is C23H22N4O2. The van der Waals surface area contributed by atoms with Crippen LogP contribution in [-0.2, 0) is 11.8 Å². The zero-order valence-corrected chi connectivity index (χ0v) is 16.7. The number of likely N-dealkylation sites (N-methyl/N-ethyl adjacent to an activating group) is 1. The number of carbonyl (C=O) groups excluding carboxylic acids is 1. The maximum absolute atomic E-state index is 12.1. The number of nitrogens with zero attached hydrogens (tertiary/aromatic N) is 4. The summed E-state index contributed by atoms with van der Waals surface area (Å²) in [7, 11) is 3.61. The van der Waals surface area contributed by atoms with E-state index in [9.17, 15) is 9.90 Å². The molecule has 29 heavy (non-hydrogen) atoms. The molecule has 0 spiro atoms. The average Bonchev–Trinajstić information content (AvgIpc) is 3.21. The SMILES string of the molecule is C=C(C)c1nc(-c2cccc(C#C[C@]3(O)CCN(C)C3=O)c2)nc2c1ccn2C. The summed E-state index contributed by atoms with van der Waals surface area (Å²) in [5, 5.41) is 11.5. The summed E-state index contributed by atoms with van der Waals surface area (Å²) in [5.74, 6) is 5.92. The van der Waals surface area contributed by atoms with Crippen molar-refractivity contribution in [2.45, 2.75) is 18.9 Å². The van der Waals surface area contributed by atoms with Crippen molar-refractivity contribution >= 4 is 22.5 Å². The highest BCUT2D eigenvalue weighted by Crippen LogP contribution is 2.26. The van der Waals surface area contributed by atoms with E-state index < -0.39 is 5.60 Å². The number of fused-ring (bicyclic) bond motifs is 1. The van der Waals surface area contributed by atoms with Crippen LogP contribution in [0.15, 0.2) is 43.1 Å². The first-order valence-corrected chi connectivity index (χ1v) is 9.39. The van der Waals surface area contributed by atoms with E-state index in [1.807, 2.05) is 55.1 Å². The number of aryl methyl sites for hydroxylation is 1. The quantitative estimate of drug-likeness (QED) is 0.688. The Kier molecular flexibility index (Phi) is 4.48. The Morgan fingerprint density at radius 1 is 1.28 bits per heavy atom.